The lowest BCUT2D eigenvalue weighted by molar-refractivity contribution is -0.890. The minimum absolute atomic E-state index is 0.112. The summed E-state index contributed by atoms with van der Waals surface area (Å²) >= 11 is 6.11. The zero-order chi connectivity index (χ0) is 18.6. The lowest BCUT2D eigenvalue weighted by Gasteiger charge is -2.21. The summed E-state index contributed by atoms with van der Waals surface area (Å²) in [6, 6.07) is 7.54. The molecule has 0 aliphatic heterocycles. The van der Waals surface area contributed by atoms with Crippen LogP contribution in [0.3, 0.4) is 0 Å². The molecule has 0 spiro atoms. The van der Waals surface area contributed by atoms with Crippen LogP contribution in [-0.4, -0.2) is 31.8 Å². The van der Waals surface area contributed by atoms with Crippen molar-refractivity contribution in [3.05, 3.63) is 68.5 Å². The van der Waals surface area contributed by atoms with Crippen molar-refractivity contribution in [1.82, 2.24) is 0 Å². The van der Waals surface area contributed by atoms with Crippen LogP contribution in [0.4, 0.5) is 10.1 Å². The Morgan fingerprint density at radius 2 is 2.08 bits per heavy atom. The van der Waals surface area contributed by atoms with E-state index < -0.39 is 10.7 Å². The Kier molecular flexibility index (Phi) is 6.06. The van der Waals surface area contributed by atoms with Gasteiger partial charge in [0.05, 0.1) is 36.1 Å². The van der Waals surface area contributed by atoms with Gasteiger partial charge in [-0.1, -0.05) is 29.5 Å². The molecule has 1 N–H and O–H groups in total. The van der Waals surface area contributed by atoms with Crippen molar-refractivity contribution in [2.24, 2.45) is 4.99 Å². The molecule has 2 aromatic rings. The minimum Gasteiger partial charge on any atom is -0.872 e. The second-order valence-corrected chi connectivity index (χ2v) is 6.15. The number of nitro benzene ring substituents is 1. The standard InChI is InChI=1S/C17H17ClFN3O3/c1-21(2)15(17-13(18)4-3-5-14(17)19)10-20-9-11-8-12(22(24)25)6-7-16(11)23/h3-9,15,23H,10H2,1-2H3/t15-/m1/s1. The van der Waals surface area contributed by atoms with E-state index in [-0.39, 0.29) is 29.6 Å². The van der Waals surface area contributed by atoms with E-state index in [1.807, 2.05) is 14.1 Å². The molecule has 2 aromatic carbocycles. The van der Waals surface area contributed by atoms with Gasteiger partial charge in [0.1, 0.15) is 11.9 Å². The van der Waals surface area contributed by atoms with Crippen LogP contribution >= 0.6 is 11.6 Å². The topological polar surface area (TPSA) is 83.0 Å². The fourth-order valence-electron chi connectivity index (χ4n) is 2.41. The molecule has 0 saturated heterocycles. The number of halogens is 2. The van der Waals surface area contributed by atoms with Gasteiger partial charge in [-0.05, 0) is 17.7 Å². The van der Waals surface area contributed by atoms with Crippen LogP contribution in [0.1, 0.15) is 17.2 Å². The predicted molar refractivity (Wildman–Crippen MR) is 92.0 cm³/mol. The molecule has 1 atom stereocenters. The van der Waals surface area contributed by atoms with Gasteiger partial charge in [0.2, 0.25) is 0 Å². The molecule has 0 aromatic heterocycles. The first-order valence-electron chi connectivity index (χ1n) is 7.50. The second-order valence-electron chi connectivity index (χ2n) is 5.74. The number of likely N-dealkylation sites (N-methyl/N-ethyl adjacent to an activating group) is 1. The summed E-state index contributed by atoms with van der Waals surface area (Å²) in [5.41, 5.74) is 0.275. The van der Waals surface area contributed by atoms with Crippen LogP contribution in [0.25, 0.3) is 0 Å². The van der Waals surface area contributed by atoms with Crippen molar-refractivity contribution in [2.75, 3.05) is 20.6 Å². The highest BCUT2D eigenvalue weighted by Gasteiger charge is 2.23. The molecule has 0 aliphatic carbocycles. The highest BCUT2D eigenvalue weighted by Crippen LogP contribution is 2.25. The van der Waals surface area contributed by atoms with Gasteiger partial charge < -0.3 is 10.0 Å². The fourth-order valence-corrected chi connectivity index (χ4v) is 2.71. The average Bonchev–Trinajstić information content (AvgIpc) is 2.54. The van der Waals surface area contributed by atoms with Crippen LogP contribution in [0, 0.1) is 15.9 Å². The smallest absolute Gasteiger partial charge is 0.270 e. The van der Waals surface area contributed by atoms with Crippen LogP contribution in [0.2, 0.25) is 5.02 Å². The lowest BCUT2D eigenvalue weighted by atomic mass is 10.1. The zero-order valence-corrected chi connectivity index (χ0v) is 14.5. The third-order valence-electron chi connectivity index (χ3n) is 3.77. The maximum atomic E-state index is 14.1. The molecule has 0 radical (unpaired) electrons. The van der Waals surface area contributed by atoms with Crippen molar-refractivity contribution in [3.8, 4) is 5.75 Å². The minimum atomic E-state index is -0.581. The van der Waals surface area contributed by atoms with Gasteiger partial charge >= 0.3 is 0 Å². The summed E-state index contributed by atoms with van der Waals surface area (Å²) in [7, 11) is 3.69. The van der Waals surface area contributed by atoms with E-state index in [2.05, 4.69) is 4.99 Å². The van der Waals surface area contributed by atoms with Crippen LogP contribution in [-0.2, 0) is 0 Å². The summed E-state index contributed by atoms with van der Waals surface area (Å²) < 4.78 is 14.1. The number of hydrogen-bond acceptors (Lipinski definition) is 4. The molecular weight excluding hydrogens is 349 g/mol. The Hall–Kier alpha value is -2.51. The SMILES string of the molecule is C[NH+](C)[C@H](CN=Cc1cc([N+](=O)[O-])ccc1[O-])c1c(F)cccc1Cl. The molecule has 0 bridgehead atoms. The maximum absolute atomic E-state index is 14.1. The molecule has 132 valence electrons. The normalized spacial score (nSPS) is 12.7. The summed E-state index contributed by atoms with van der Waals surface area (Å²) in [4.78, 5) is 15.3. The average molecular weight is 366 g/mol. The van der Waals surface area contributed by atoms with E-state index in [1.165, 1.54) is 24.4 Å². The molecule has 2 rings (SSSR count). The zero-order valence-electron chi connectivity index (χ0n) is 13.7. The molecular formula is C17H17ClFN3O3. The molecule has 0 saturated carbocycles. The highest BCUT2D eigenvalue weighted by molar-refractivity contribution is 6.31. The van der Waals surface area contributed by atoms with Crippen molar-refractivity contribution < 1.29 is 19.3 Å². The van der Waals surface area contributed by atoms with Crippen molar-refractivity contribution in [2.45, 2.75) is 6.04 Å². The number of aliphatic imine (C=N–C) groups is 1. The van der Waals surface area contributed by atoms with E-state index in [9.17, 15) is 19.6 Å². The van der Waals surface area contributed by atoms with Gasteiger partial charge in [-0.15, -0.1) is 0 Å². The number of non-ortho nitro benzene ring substituents is 1. The molecule has 0 heterocycles. The van der Waals surface area contributed by atoms with Crippen LogP contribution in [0.5, 0.6) is 5.75 Å². The Labute approximate surface area is 149 Å². The Morgan fingerprint density at radius 1 is 1.36 bits per heavy atom. The first-order valence-corrected chi connectivity index (χ1v) is 7.88. The molecule has 0 unspecified atom stereocenters. The van der Waals surface area contributed by atoms with Crippen molar-refractivity contribution in [1.29, 1.82) is 0 Å². The summed E-state index contributed by atoms with van der Waals surface area (Å²) in [6.07, 6.45) is 1.28. The van der Waals surface area contributed by atoms with E-state index in [0.717, 1.165) is 17.0 Å². The first kappa shape index (κ1) is 18.8. The quantitative estimate of drug-likeness (QED) is 0.481. The van der Waals surface area contributed by atoms with Gasteiger partial charge in [0, 0.05) is 18.3 Å². The number of benzene rings is 2. The summed E-state index contributed by atoms with van der Waals surface area (Å²) in [6.45, 7) is 0.172. The fraction of sp³-hybridized carbons (Fsp3) is 0.235. The largest absolute Gasteiger partial charge is 0.872 e. The Bertz CT molecular complexity index is 791. The number of quaternary nitrogens is 1. The number of hydrogen-bond donors (Lipinski definition) is 1. The highest BCUT2D eigenvalue weighted by atomic mass is 35.5. The monoisotopic (exact) mass is 365 g/mol. The van der Waals surface area contributed by atoms with Gasteiger partial charge in [-0.25, -0.2) is 4.39 Å². The Morgan fingerprint density at radius 3 is 2.68 bits per heavy atom. The number of nitro groups is 1. The van der Waals surface area contributed by atoms with E-state index in [0.29, 0.717) is 10.6 Å². The second kappa shape index (κ2) is 8.04. The number of nitrogens with one attached hydrogen (secondary N) is 1. The molecule has 6 nitrogen and oxygen atoms in total. The maximum Gasteiger partial charge on any atom is 0.270 e. The van der Waals surface area contributed by atoms with Crippen molar-refractivity contribution >= 4 is 23.5 Å². The Balaban J connectivity index is 2.27. The summed E-state index contributed by atoms with van der Waals surface area (Å²) in [5.74, 6) is -0.791. The van der Waals surface area contributed by atoms with Crippen molar-refractivity contribution in [3.63, 3.8) is 0 Å². The van der Waals surface area contributed by atoms with E-state index in [1.54, 1.807) is 6.07 Å². The van der Waals surface area contributed by atoms with Gasteiger partial charge in [-0.3, -0.25) is 15.1 Å². The van der Waals surface area contributed by atoms with E-state index in [4.69, 9.17) is 11.6 Å². The number of nitrogens with zero attached hydrogens (tertiary/aromatic N) is 2. The molecule has 25 heavy (non-hydrogen) atoms. The van der Waals surface area contributed by atoms with Crippen LogP contribution < -0.4 is 10.0 Å². The molecule has 8 heteroatoms. The molecule has 0 aliphatic rings. The van der Waals surface area contributed by atoms with Gasteiger partial charge in [-0.2, -0.15) is 0 Å². The lowest BCUT2D eigenvalue weighted by Crippen LogP contribution is -3.06. The van der Waals surface area contributed by atoms with Gasteiger partial charge in [0.15, 0.2) is 0 Å². The van der Waals surface area contributed by atoms with Crippen LogP contribution in [0.15, 0.2) is 41.4 Å². The van der Waals surface area contributed by atoms with E-state index >= 15 is 0 Å². The first-order chi connectivity index (χ1) is 11.8. The predicted octanol–water partition coefficient (Wildman–Crippen LogP) is 1.77. The molecule has 0 fully saturated rings. The third kappa shape index (κ3) is 4.52. The number of rotatable bonds is 6. The summed E-state index contributed by atoms with van der Waals surface area (Å²) in [5, 5.41) is 22.9. The third-order valence-corrected chi connectivity index (χ3v) is 4.10. The van der Waals surface area contributed by atoms with Gasteiger partial charge in [0.25, 0.3) is 5.69 Å². The molecule has 0 amide bonds.